The molecule has 12 atom stereocenters. The van der Waals surface area contributed by atoms with Crippen LogP contribution in [0, 0.1) is 0 Å². The molecule has 57 heavy (non-hydrogen) atoms. The maximum atomic E-state index is 13.1. The summed E-state index contributed by atoms with van der Waals surface area (Å²) in [6.45, 7) is 2.74. The lowest BCUT2D eigenvalue weighted by Gasteiger charge is -2.46. The molecule has 2 fully saturated rings. The van der Waals surface area contributed by atoms with E-state index in [1.165, 1.54) is 44.9 Å². The molecule has 12 unspecified atom stereocenters. The number of unbranched alkanes of at least 4 members (excludes halogenated alkanes) is 15. The van der Waals surface area contributed by atoms with E-state index in [1.807, 2.05) is 0 Å². The zero-order chi connectivity index (χ0) is 41.8. The lowest BCUT2D eigenvalue weighted by atomic mass is 9.97. The summed E-state index contributed by atoms with van der Waals surface area (Å²) in [5.74, 6) is -0.226. The lowest BCUT2D eigenvalue weighted by molar-refractivity contribution is -0.359. The average molecular weight is 818 g/mol. The molecule has 2 aliphatic heterocycles. The first-order valence-electron chi connectivity index (χ1n) is 22.1. The number of ether oxygens (including phenoxy) is 4. The number of amides is 1. The Bertz CT molecular complexity index is 1060. The molecule has 1 amide bonds. The van der Waals surface area contributed by atoms with Gasteiger partial charge in [0.15, 0.2) is 12.6 Å². The number of aliphatic hydroxyl groups excluding tert-OH is 8. The van der Waals surface area contributed by atoms with Crippen molar-refractivity contribution < 1.29 is 64.6 Å². The Morgan fingerprint density at radius 1 is 0.632 bits per heavy atom. The molecule has 2 rings (SSSR count). The van der Waals surface area contributed by atoms with Crippen LogP contribution < -0.4 is 5.32 Å². The molecule has 0 aromatic carbocycles. The van der Waals surface area contributed by atoms with E-state index in [4.69, 9.17) is 18.9 Å². The third-order valence-electron chi connectivity index (χ3n) is 10.9. The van der Waals surface area contributed by atoms with Gasteiger partial charge in [-0.2, -0.15) is 0 Å². The molecule has 0 spiro atoms. The van der Waals surface area contributed by atoms with Gasteiger partial charge in [0, 0.05) is 6.42 Å². The molecular formula is C43H79NO13. The maximum absolute atomic E-state index is 13.1. The average Bonchev–Trinajstić information content (AvgIpc) is 3.21. The minimum atomic E-state index is -1.78. The number of carbonyl (C=O) groups is 1. The molecule has 0 radical (unpaired) electrons. The number of hydrogen-bond acceptors (Lipinski definition) is 13. The van der Waals surface area contributed by atoms with Crippen molar-refractivity contribution in [3.8, 4) is 0 Å². The normalized spacial score (nSPS) is 29.3. The van der Waals surface area contributed by atoms with E-state index in [0.717, 1.165) is 70.6 Å². The Morgan fingerprint density at radius 3 is 1.81 bits per heavy atom. The molecule has 9 N–H and O–H groups in total. The van der Waals surface area contributed by atoms with Crippen LogP contribution in [0.4, 0.5) is 0 Å². The summed E-state index contributed by atoms with van der Waals surface area (Å²) in [6, 6.07) is -0.830. The number of aliphatic hydroxyl groups is 8. The molecule has 0 bridgehead atoms. The second-order valence-electron chi connectivity index (χ2n) is 15.8. The van der Waals surface area contributed by atoms with E-state index in [2.05, 4.69) is 43.5 Å². The monoisotopic (exact) mass is 818 g/mol. The van der Waals surface area contributed by atoms with Gasteiger partial charge in [-0.25, -0.2) is 0 Å². The fourth-order valence-electron chi connectivity index (χ4n) is 7.19. The standard InChI is InChI=1S/C43H79NO13/c1-3-5-7-9-11-13-14-15-16-17-19-21-23-25-27-35(48)44-31(32(47)26-24-22-20-18-12-10-8-6-4-2)30-54-42-40(53)38(51)41(34(29-46)56-42)57-43-39(52)37(50)36(49)33(28-45)55-43/h9,11,14-15,31-34,36-43,45-47,49-53H,3-8,10,12-13,16-30H2,1-2H3,(H,44,48)/b11-9-,15-14-. The van der Waals surface area contributed by atoms with Crippen LogP contribution >= 0.6 is 0 Å². The van der Waals surface area contributed by atoms with Crippen LogP contribution in [-0.4, -0.2) is 140 Å². The van der Waals surface area contributed by atoms with Crippen LogP contribution in [-0.2, 0) is 23.7 Å². The molecule has 2 heterocycles. The predicted octanol–water partition coefficient (Wildman–Crippen LogP) is 3.82. The van der Waals surface area contributed by atoms with Crippen LogP contribution in [0.2, 0.25) is 0 Å². The highest BCUT2D eigenvalue weighted by Gasteiger charge is 2.51. The summed E-state index contributed by atoms with van der Waals surface area (Å²) in [5, 5.41) is 86.4. The first-order chi connectivity index (χ1) is 27.6. The van der Waals surface area contributed by atoms with Crippen molar-refractivity contribution in [1.82, 2.24) is 5.32 Å². The van der Waals surface area contributed by atoms with E-state index in [0.29, 0.717) is 12.8 Å². The van der Waals surface area contributed by atoms with E-state index < -0.39 is 86.8 Å². The van der Waals surface area contributed by atoms with Crippen molar-refractivity contribution in [3.63, 3.8) is 0 Å². The van der Waals surface area contributed by atoms with Gasteiger partial charge in [-0.3, -0.25) is 4.79 Å². The number of hydrogen-bond donors (Lipinski definition) is 9. The third kappa shape index (κ3) is 20.1. The van der Waals surface area contributed by atoms with Gasteiger partial charge in [-0.05, 0) is 38.5 Å². The molecule has 0 saturated carbocycles. The third-order valence-corrected chi connectivity index (χ3v) is 10.9. The minimum Gasteiger partial charge on any atom is -0.394 e. The topological polar surface area (TPSA) is 228 Å². The minimum absolute atomic E-state index is 0.226. The van der Waals surface area contributed by atoms with E-state index in [-0.39, 0.29) is 18.9 Å². The van der Waals surface area contributed by atoms with Crippen LogP contribution in [0.15, 0.2) is 24.3 Å². The molecule has 0 aliphatic carbocycles. The van der Waals surface area contributed by atoms with Crippen LogP contribution in [0.25, 0.3) is 0 Å². The molecule has 0 aromatic heterocycles. The molecule has 334 valence electrons. The molecule has 2 aliphatic rings. The Labute approximate surface area is 341 Å². The summed E-state index contributed by atoms with van der Waals surface area (Å²) in [7, 11) is 0. The summed E-state index contributed by atoms with van der Waals surface area (Å²) in [4.78, 5) is 13.1. The zero-order valence-corrected chi connectivity index (χ0v) is 34.8. The van der Waals surface area contributed by atoms with Gasteiger partial charge in [0.05, 0.1) is 32.0 Å². The van der Waals surface area contributed by atoms with Crippen molar-refractivity contribution in [2.24, 2.45) is 0 Å². The van der Waals surface area contributed by atoms with E-state index in [9.17, 15) is 45.6 Å². The van der Waals surface area contributed by atoms with Crippen molar-refractivity contribution in [1.29, 1.82) is 0 Å². The number of carbonyl (C=O) groups excluding carboxylic acids is 1. The SMILES string of the molecule is CCCC/C=C\C/C=C\CCCCCCCC(=O)NC(COC1OC(CO)C(OC2OC(CO)C(O)C(O)C2O)C(O)C1O)C(O)CCCCCCCCCCC. The van der Waals surface area contributed by atoms with Crippen molar-refractivity contribution >= 4 is 5.91 Å². The highest BCUT2D eigenvalue weighted by Crippen LogP contribution is 2.30. The molecule has 2 saturated heterocycles. The Kier molecular flexibility index (Phi) is 28.4. The first kappa shape index (κ1) is 51.6. The largest absolute Gasteiger partial charge is 0.394 e. The summed E-state index contributed by atoms with van der Waals surface area (Å²) < 4.78 is 22.6. The molecule has 0 aromatic rings. The number of rotatable bonds is 32. The summed E-state index contributed by atoms with van der Waals surface area (Å²) in [5.41, 5.74) is 0. The quantitative estimate of drug-likeness (QED) is 0.0348. The fourth-order valence-corrected chi connectivity index (χ4v) is 7.19. The second-order valence-corrected chi connectivity index (χ2v) is 15.8. The van der Waals surface area contributed by atoms with Gasteiger partial charge in [0.2, 0.25) is 5.91 Å². The highest BCUT2D eigenvalue weighted by atomic mass is 16.7. The molecule has 14 heteroatoms. The van der Waals surface area contributed by atoms with Gasteiger partial charge in [-0.1, -0.05) is 128 Å². The Hall–Kier alpha value is -1.53. The van der Waals surface area contributed by atoms with Gasteiger partial charge >= 0.3 is 0 Å². The van der Waals surface area contributed by atoms with Gasteiger partial charge in [0.1, 0.15) is 48.8 Å². The Balaban J connectivity index is 1.89. The van der Waals surface area contributed by atoms with E-state index >= 15 is 0 Å². The van der Waals surface area contributed by atoms with Crippen molar-refractivity contribution in [3.05, 3.63) is 24.3 Å². The van der Waals surface area contributed by atoms with Gasteiger partial charge in [-0.15, -0.1) is 0 Å². The summed E-state index contributed by atoms with van der Waals surface area (Å²) >= 11 is 0. The lowest BCUT2D eigenvalue weighted by Crippen LogP contribution is -2.65. The van der Waals surface area contributed by atoms with Gasteiger partial charge < -0.3 is 65.1 Å². The fraction of sp³-hybridized carbons (Fsp3) is 0.884. The smallest absolute Gasteiger partial charge is 0.220 e. The molecule has 14 nitrogen and oxygen atoms in total. The van der Waals surface area contributed by atoms with Gasteiger partial charge in [0.25, 0.3) is 0 Å². The zero-order valence-electron chi connectivity index (χ0n) is 34.8. The highest BCUT2D eigenvalue weighted by molar-refractivity contribution is 5.76. The maximum Gasteiger partial charge on any atom is 0.220 e. The Morgan fingerprint density at radius 2 is 1.18 bits per heavy atom. The summed E-state index contributed by atoms with van der Waals surface area (Å²) in [6.07, 6.45) is 13.4. The van der Waals surface area contributed by atoms with E-state index in [1.54, 1.807) is 0 Å². The predicted molar refractivity (Wildman–Crippen MR) is 217 cm³/mol. The number of allylic oxidation sites excluding steroid dienone is 4. The molecular weight excluding hydrogens is 738 g/mol. The number of nitrogens with one attached hydrogen (secondary N) is 1. The first-order valence-corrected chi connectivity index (χ1v) is 22.1. The van der Waals surface area contributed by atoms with Crippen molar-refractivity contribution in [2.45, 2.75) is 222 Å². The van der Waals surface area contributed by atoms with Crippen LogP contribution in [0.3, 0.4) is 0 Å². The van der Waals surface area contributed by atoms with Crippen LogP contribution in [0.1, 0.15) is 149 Å². The van der Waals surface area contributed by atoms with Crippen molar-refractivity contribution in [2.75, 3.05) is 19.8 Å². The second kappa shape index (κ2) is 31.4. The van der Waals surface area contributed by atoms with Crippen LogP contribution in [0.5, 0.6) is 0 Å².